The Balaban J connectivity index is 2.16. The molecule has 2 aromatic rings. The maximum Gasteiger partial charge on any atom is 0.242 e. The van der Waals surface area contributed by atoms with Crippen LogP contribution in [0.25, 0.3) is 6.08 Å². The number of nitrogens with one attached hydrogen (secondary N) is 2. The number of benzene rings is 2. The molecule has 0 heterocycles. The monoisotopic (exact) mass is 464 g/mol. The van der Waals surface area contributed by atoms with E-state index in [-0.39, 0.29) is 12.2 Å². The third kappa shape index (κ3) is 9.04. The van der Waals surface area contributed by atoms with E-state index in [0.29, 0.717) is 17.2 Å². The highest BCUT2D eigenvalue weighted by molar-refractivity contribution is 7.92. The lowest BCUT2D eigenvalue weighted by atomic mass is 10.0. The van der Waals surface area contributed by atoms with Gasteiger partial charge in [0.2, 0.25) is 15.9 Å². The Morgan fingerprint density at radius 2 is 1.58 bits per heavy atom. The second-order valence-corrected chi connectivity index (χ2v) is 11.5. The minimum Gasteiger partial charge on any atom is -0.325 e. The molecule has 1 atom stereocenters. The normalized spacial score (nSPS) is 13.4. The first-order valence-electron chi connectivity index (χ1n) is 9.79. The molecule has 2 N–H and O–H groups in total. The highest BCUT2D eigenvalue weighted by Gasteiger charge is 2.24. The smallest absolute Gasteiger partial charge is 0.242 e. The quantitative estimate of drug-likeness (QED) is 0.561. The van der Waals surface area contributed by atoms with E-state index in [0.717, 1.165) is 17.2 Å². The number of carbonyl (C=O) groups excluding carboxylic acids is 1. The van der Waals surface area contributed by atoms with E-state index in [1.165, 1.54) is 6.08 Å². The Labute approximate surface area is 184 Å². The van der Waals surface area contributed by atoms with Crippen LogP contribution >= 0.6 is 0 Å². The third-order valence-corrected chi connectivity index (χ3v) is 6.57. The molecule has 0 spiro atoms. The van der Waals surface area contributed by atoms with Gasteiger partial charge < -0.3 is 5.32 Å². The van der Waals surface area contributed by atoms with Crippen LogP contribution in [0.5, 0.6) is 0 Å². The van der Waals surface area contributed by atoms with Gasteiger partial charge in [-0.15, -0.1) is 0 Å². The minimum absolute atomic E-state index is 0.187. The van der Waals surface area contributed by atoms with Gasteiger partial charge >= 0.3 is 0 Å². The molecule has 9 heteroatoms. The standard InChI is InChI=1S/C22H28N2O5S2/c1-17(2)19-9-11-20(12-10-19)23-22(25)21(14-15-30(3,26)27)24-31(28,29)16-13-18-7-5-4-6-8-18/h4-13,16-17,21,24H,14-15H2,1-3H3,(H,23,25)/b16-13+. The average molecular weight is 465 g/mol. The fourth-order valence-corrected chi connectivity index (χ4v) is 4.43. The molecular formula is C22H28N2O5S2. The number of rotatable bonds is 10. The molecule has 2 aromatic carbocycles. The van der Waals surface area contributed by atoms with E-state index >= 15 is 0 Å². The van der Waals surface area contributed by atoms with Crippen molar-refractivity contribution in [2.45, 2.75) is 32.2 Å². The van der Waals surface area contributed by atoms with Crippen LogP contribution in [-0.4, -0.2) is 40.8 Å². The molecule has 0 aromatic heterocycles. The Bertz CT molecular complexity index is 1110. The summed E-state index contributed by atoms with van der Waals surface area (Å²) in [4.78, 5) is 12.7. The van der Waals surface area contributed by atoms with Crippen LogP contribution in [-0.2, 0) is 24.7 Å². The first kappa shape index (κ1) is 24.8. The van der Waals surface area contributed by atoms with Gasteiger partial charge in [0.15, 0.2) is 0 Å². The van der Waals surface area contributed by atoms with Gasteiger partial charge in [0, 0.05) is 17.4 Å². The van der Waals surface area contributed by atoms with Gasteiger partial charge in [0.05, 0.1) is 5.75 Å². The molecule has 0 saturated heterocycles. The molecule has 31 heavy (non-hydrogen) atoms. The number of hydrogen-bond donors (Lipinski definition) is 2. The molecule has 0 radical (unpaired) electrons. The summed E-state index contributed by atoms with van der Waals surface area (Å²) >= 11 is 0. The van der Waals surface area contributed by atoms with Crippen LogP contribution in [0.15, 0.2) is 60.0 Å². The van der Waals surface area contributed by atoms with E-state index in [4.69, 9.17) is 0 Å². The summed E-state index contributed by atoms with van der Waals surface area (Å²) in [6.07, 6.45) is 2.25. The first-order chi connectivity index (χ1) is 14.5. The van der Waals surface area contributed by atoms with Crippen molar-refractivity contribution in [3.8, 4) is 0 Å². The summed E-state index contributed by atoms with van der Waals surface area (Å²) in [7, 11) is -7.37. The molecule has 0 aliphatic rings. The molecule has 2 rings (SSSR count). The van der Waals surface area contributed by atoms with Crippen molar-refractivity contribution in [2.75, 3.05) is 17.3 Å². The fraction of sp³-hybridized carbons (Fsp3) is 0.318. The van der Waals surface area contributed by atoms with E-state index in [1.54, 1.807) is 36.4 Å². The average Bonchev–Trinajstić information content (AvgIpc) is 2.70. The number of sulfone groups is 1. The molecule has 0 bridgehead atoms. The highest BCUT2D eigenvalue weighted by atomic mass is 32.2. The van der Waals surface area contributed by atoms with Crippen LogP contribution < -0.4 is 10.0 Å². The van der Waals surface area contributed by atoms with E-state index in [2.05, 4.69) is 10.0 Å². The molecule has 1 amide bonds. The fourth-order valence-electron chi connectivity index (χ4n) is 2.73. The summed E-state index contributed by atoms with van der Waals surface area (Å²) in [5.74, 6) is -0.629. The zero-order valence-corrected chi connectivity index (χ0v) is 19.4. The van der Waals surface area contributed by atoms with Gasteiger partial charge in [-0.05, 0) is 41.7 Å². The molecule has 7 nitrogen and oxygen atoms in total. The Morgan fingerprint density at radius 3 is 2.13 bits per heavy atom. The predicted molar refractivity (Wildman–Crippen MR) is 125 cm³/mol. The zero-order chi connectivity index (χ0) is 23.1. The maximum absolute atomic E-state index is 12.7. The lowest BCUT2D eigenvalue weighted by Gasteiger charge is -2.17. The molecule has 1 unspecified atom stereocenters. The molecule has 0 saturated carbocycles. The lowest BCUT2D eigenvalue weighted by Crippen LogP contribution is -2.44. The zero-order valence-electron chi connectivity index (χ0n) is 17.8. The number of hydrogen-bond acceptors (Lipinski definition) is 5. The van der Waals surface area contributed by atoms with Crippen LogP contribution in [0, 0.1) is 0 Å². The third-order valence-electron chi connectivity index (χ3n) is 4.48. The Morgan fingerprint density at radius 1 is 0.968 bits per heavy atom. The van der Waals surface area contributed by atoms with Crippen molar-refractivity contribution in [2.24, 2.45) is 0 Å². The Kier molecular flexibility index (Phi) is 8.55. The molecule has 0 fully saturated rings. The van der Waals surface area contributed by atoms with Gasteiger partial charge in [-0.2, -0.15) is 4.72 Å². The van der Waals surface area contributed by atoms with Gasteiger partial charge in [0.1, 0.15) is 15.9 Å². The van der Waals surface area contributed by atoms with Crippen LogP contribution in [0.3, 0.4) is 0 Å². The predicted octanol–water partition coefficient (Wildman–Crippen LogP) is 3.14. The van der Waals surface area contributed by atoms with Gasteiger partial charge in [-0.25, -0.2) is 16.8 Å². The number of amides is 1. The first-order valence-corrected chi connectivity index (χ1v) is 13.4. The highest BCUT2D eigenvalue weighted by Crippen LogP contribution is 2.17. The van der Waals surface area contributed by atoms with Crippen molar-refractivity contribution in [1.82, 2.24) is 4.72 Å². The maximum atomic E-state index is 12.7. The summed E-state index contributed by atoms with van der Waals surface area (Å²) in [6, 6.07) is 14.8. The van der Waals surface area contributed by atoms with Crippen molar-refractivity contribution < 1.29 is 21.6 Å². The molecular weight excluding hydrogens is 436 g/mol. The van der Waals surface area contributed by atoms with Crippen molar-refractivity contribution in [1.29, 1.82) is 0 Å². The summed E-state index contributed by atoms with van der Waals surface area (Å²) in [5.41, 5.74) is 2.27. The van der Waals surface area contributed by atoms with Crippen LogP contribution in [0.2, 0.25) is 0 Å². The number of anilines is 1. The number of carbonyl (C=O) groups is 1. The van der Waals surface area contributed by atoms with Crippen molar-refractivity contribution >= 4 is 37.5 Å². The topological polar surface area (TPSA) is 109 Å². The van der Waals surface area contributed by atoms with Gasteiger partial charge in [0.25, 0.3) is 0 Å². The molecule has 0 aliphatic carbocycles. The largest absolute Gasteiger partial charge is 0.325 e. The SMILES string of the molecule is CC(C)c1ccc(NC(=O)C(CCS(C)(=O)=O)NS(=O)(=O)/C=C/c2ccccc2)cc1. The lowest BCUT2D eigenvalue weighted by molar-refractivity contribution is -0.117. The van der Waals surface area contributed by atoms with Crippen molar-refractivity contribution in [3.63, 3.8) is 0 Å². The second-order valence-electron chi connectivity index (χ2n) is 7.61. The molecule has 0 aliphatic heterocycles. The van der Waals surface area contributed by atoms with Crippen LogP contribution in [0.1, 0.15) is 37.3 Å². The number of sulfonamides is 1. The van der Waals surface area contributed by atoms with Crippen LogP contribution in [0.4, 0.5) is 5.69 Å². The Hall–Kier alpha value is -2.49. The summed E-state index contributed by atoms with van der Waals surface area (Å²) < 4.78 is 50.4. The van der Waals surface area contributed by atoms with Gasteiger partial charge in [-0.1, -0.05) is 56.3 Å². The van der Waals surface area contributed by atoms with E-state index in [9.17, 15) is 21.6 Å². The van der Waals surface area contributed by atoms with Gasteiger partial charge in [-0.3, -0.25) is 4.79 Å². The van der Waals surface area contributed by atoms with E-state index < -0.39 is 31.8 Å². The molecule has 168 valence electrons. The van der Waals surface area contributed by atoms with Crippen molar-refractivity contribution in [3.05, 3.63) is 71.1 Å². The van der Waals surface area contributed by atoms with E-state index in [1.807, 2.05) is 32.0 Å². The summed E-state index contributed by atoms with van der Waals surface area (Å²) in [5, 5.41) is 3.61. The second kappa shape index (κ2) is 10.7. The minimum atomic E-state index is -3.99. The summed E-state index contributed by atoms with van der Waals surface area (Å²) in [6.45, 7) is 4.10.